The van der Waals surface area contributed by atoms with Crippen LogP contribution in [-0.2, 0) is 26.7 Å². The summed E-state index contributed by atoms with van der Waals surface area (Å²) in [6.45, 7) is 6.09. The molecule has 0 saturated carbocycles. The molecular formula is C34H34F2N2O5S. The van der Waals surface area contributed by atoms with Crippen molar-refractivity contribution < 1.29 is 31.3 Å². The van der Waals surface area contributed by atoms with E-state index >= 15 is 0 Å². The van der Waals surface area contributed by atoms with Crippen molar-refractivity contribution in [1.82, 2.24) is 5.32 Å². The highest BCUT2D eigenvalue weighted by Crippen LogP contribution is 2.29. The lowest BCUT2D eigenvalue weighted by Crippen LogP contribution is -2.28. The maximum absolute atomic E-state index is 14.3. The fourth-order valence-electron chi connectivity index (χ4n) is 4.69. The van der Waals surface area contributed by atoms with Crippen molar-refractivity contribution in [3.05, 3.63) is 125 Å². The van der Waals surface area contributed by atoms with Gasteiger partial charge in [0, 0.05) is 29.4 Å². The highest BCUT2D eigenvalue weighted by Gasteiger charge is 2.23. The van der Waals surface area contributed by atoms with Gasteiger partial charge < -0.3 is 10.6 Å². The van der Waals surface area contributed by atoms with E-state index in [9.17, 15) is 26.8 Å². The summed E-state index contributed by atoms with van der Waals surface area (Å²) in [5, 5.41) is 5.39. The molecule has 7 nitrogen and oxygen atoms in total. The van der Waals surface area contributed by atoms with E-state index in [2.05, 4.69) is 31.4 Å². The predicted octanol–water partition coefficient (Wildman–Crippen LogP) is 6.51. The van der Waals surface area contributed by atoms with Gasteiger partial charge in [0.2, 0.25) is 5.91 Å². The van der Waals surface area contributed by atoms with Crippen LogP contribution in [0, 0.1) is 11.6 Å². The average molecular weight is 621 g/mol. The Balaban J connectivity index is 1.53. The van der Waals surface area contributed by atoms with E-state index in [0.29, 0.717) is 23.2 Å². The minimum atomic E-state index is -4.19. The molecule has 230 valence electrons. The number of amides is 2. The van der Waals surface area contributed by atoms with Gasteiger partial charge in [0.1, 0.15) is 11.6 Å². The van der Waals surface area contributed by atoms with E-state index in [1.54, 1.807) is 48.5 Å². The summed E-state index contributed by atoms with van der Waals surface area (Å²) in [5.41, 5.74) is 4.24. The number of carbonyl (C=O) groups excluding carboxylic acids is 2. The Hall–Kier alpha value is -4.41. The van der Waals surface area contributed by atoms with Crippen molar-refractivity contribution in [2.45, 2.75) is 38.5 Å². The SMILES string of the molecule is CC(C)(C)c1ccc(C(Cc2ccc(C(=O)NCCS(=O)(=O)O)cc2)C(=O)Nc2ccc(-c3ccc(F)cc3F)cc2)cc1. The van der Waals surface area contributed by atoms with Gasteiger partial charge in [-0.15, -0.1) is 0 Å². The lowest BCUT2D eigenvalue weighted by Gasteiger charge is -2.22. The third-order valence-corrected chi connectivity index (χ3v) is 7.91. The van der Waals surface area contributed by atoms with Gasteiger partial charge in [-0.05, 0) is 70.5 Å². The number of hydrogen-bond acceptors (Lipinski definition) is 4. The molecule has 0 aromatic heterocycles. The largest absolute Gasteiger partial charge is 0.351 e. The molecule has 0 bridgehead atoms. The molecule has 0 saturated heterocycles. The summed E-state index contributed by atoms with van der Waals surface area (Å²) in [4.78, 5) is 26.0. The van der Waals surface area contributed by atoms with E-state index in [-0.39, 0.29) is 23.4 Å². The number of nitrogens with one attached hydrogen (secondary N) is 2. The fourth-order valence-corrected chi connectivity index (χ4v) is 5.05. The zero-order valence-corrected chi connectivity index (χ0v) is 25.4. The summed E-state index contributed by atoms with van der Waals surface area (Å²) in [5.74, 6) is -3.27. The minimum Gasteiger partial charge on any atom is -0.351 e. The van der Waals surface area contributed by atoms with Gasteiger partial charge in [0.15, 0.2) is 0 Å². The van der Waals surface area contributed by atoms with Crippen LogP contribution in [0.4, 0.5) is 14.5 Å². The molecular weight excluding hydrogens is 586 g/mol. The van der Waals surface area contributed by atoms with Gasteiger partial charge in [-0.2, -0.15) is 8.42 Å². The molecule has 1 unspecified atom stereocenters. The van der Waals surface area contributed by atoms with Crippen LogP contribution in [0.2, 0.25) is 0 Å². The van der Waals surface area contributed by atoms with Crippen molar-refractivity contribution in [3.8, 4) is 11.1 Å². The maximum Gasteiger partial charge on any atom is 0.266 e. The smallest absolute Gasteiger partial charge is 0.266 e. The molecule has 44 heavy (non-hydrogen) atoms. The lowest BCUT2D eigenvalue weighted by atomic mass is 9.84. The summed E-state index contributed by atoms with van der Waals surface area (Å²) < 4.78 is 58.2. The van der Waals surface area contributed by atoms with E-state index in [4.69, 9.17) is 4.55 Å². The maximum atomic E-state index is 14.3. The van der Waals surface area contributed by atoms with Crippen LogP contribution in [-0.4, -0.2) is 37.1 Å². The Morgan fingerprint density at radius 2 is 1.50 bits per heavy atom. The number of anilines is 1. The molecule has 4 aromatic rings. The molecule has 0 radical (unpaired) electrons. The van der Waals surface area contributed by atoms with Crippen molar-refractivity contribution in [2.24, 2.45) is 0 Å². The summed E-state index contributed by atoms with van der Waals surface area (Å²) in [6.07, 6.45) is 0.324. The first-order valence-corrected chi connectivity index (χ1v) is 15.6. The first kappa shape index (κ1) is 32.5. The summed E-state index contributed by atoms with van der Waals surface area (Å²) in [6, 6.07) is 24.5. The molecule has 1 atom stereocenters. The Labute approximate surface area is 256 Å². The van der Waals surface area contributed by atoms with Gasteiger partial charge in [-0.25, -0.2) is 8.78 Å². The molecule has 4 rings (SSSR count). The Bertz CT molecular complexity index is 1730. The first-order valence-electron chi connectivity index (χ1n) is 14.0. The Morgan fingerprint density at radius 3 is 2.07 bits per heavy atom. The third-order valence-electron chi connectivity index (χ3n) is 7.19. The second-order valence-electron chi connectivity index (χ2n) is 11.6. The second-order valence-corrected chi connectivity index (χ2v) is 13.1. The molecule has 0 aliphatic rings. The first-order chi connectivity index (χ1) is 20.7. The highest BCUT2D eigenvalue weighted by atomic mass is 32.2. The van der Waals surface area contributed by atoms with Crippen LogP contribution in [0.1, 0.15) is 53.7 Å². The number of benzene rings is 4. The minimum absolute atomic E-state index is 0.0696. The molecule has 0 heterocycles. The van der Waals surface area contributed by atoms with Crippen molar-refractivity contribution in [2.75, 3.05) is 17.6 Å². The van der Waals surface area contributed by atoms with Crippen molar-refractivity contribution >= 4 is 27.6 Å². The number of halogens is 2. The van der Waals surface area contributed by atoms with Gasteiger partial charge >= 0.3 is 0 Å². The summed E-state index contributed by atoms with van der Waals surface area (Å²) in [7, 11) is -4.19. The fraction of sp³-hybridized carbons (Fsp3) is 0.235. The molecule has 0 aliphatic carbocycles. The van der Waals surface area contributed by atoms with Gasteiger partial charge in [0.05, 0.1) is 11.7 Å². The third kappa shape index (κ3) is 8.81. The Morgan fingerprint density at radius 1 is 0.864 bits per heavy atom. The number of hydrogen-bond donors (Lipinski definition) is 3. The van der Waals surface area contributed by atoms with Crippen LogP contribution in [0.25, 0.3) is 11.1 Å². The highest BCUT2D eigenvalue weighted by molar-refractivity contribution is 7.85. The van der Waals surface area contributed by atoms with Crippen LogP contribution < -0.4 is 10.6 Å². The van der Waals surface area contributed by atoms with Crippen LogP contribution >= 0.6 is 0 Å². The van der Waals surface area contributed by atoms with Gasteiger partial charge in [-0.1, -0.05) is 69.3 Å². The quantitative estimate of drug-likeness (QED) is 0.175. The molecule has 3 N–H and O–H groups in total. The summed E-state index contributed by atoms with van der Waals surface area (Å²) >= 11 is 0. The van der Waals surface area contributed by atoms with Crippen LogP contribution in [0.3, 0.4) is 0 Å². The molecule has 0 fully saturated rings. The van der Waals surface area contributed by atoms with E-state index in [1.165, 1.54) is 12.1 Å². The van der Waals surface area contributed by atoms with Crippen molar-refractivity contribution in [3.63, 3.8) is 0 Å². The normalized spacial score (nSPS) is 12.4. The molecule has 0 aliphatic heterocycles. The zero-order valence-electron chi connectivity index (χ0n) is 24.6. The molecule has 4 aromatic carbocycles. The van der Waals surface area contributed by atoms with Crippen LogP contribution in [0.15, 0.2) is 91.0 Å². The monoisotopic (exact) mass is 620 g/mol. The molecule has 10 heteroatoms. The predicted molar refractivity (Wildman–Crippen MR) is 167 cm³/mol. The standard InChI is InChI=1S/C34H34F2N2O5S/c1-34(2,3)26-12-8-24(9-13-26)30(20-22-4-6-25(7-5-22)32(39)37-18-19-44(41,42)43)33(40)38-28-15-10-23(11-16-28)29-17-14-27(35)21-31(29)36/h4-17,21,30H,18-20H2,1-3H3,(H,37,39)(H,38,40)(H,41,42,43). The van der Waals surface area contributed by atoms with Crippen LogP contribution in [0.5, 0.6) is 0 Å². The lowest BCUT2D eigenvalue weighted by molar-refractivity contribution is -0.117. The van der Waals surface area contributed by atoms with Crippen molar-refractivity contribution in [1.29, 1.82) is 0 Å². The van der Waals surface area contributed by atoms with E-state index < -0.39 is 39.3 Å². The van der Waals surface area contributed by atoms with Gasteiger partial charge in [0.25, 0.3) is 16.0 Å². The Kier molecular flexibility index (Phi) is 9.96. The number of rotatable bonds is 10. The average Bonchev–Trinajstić information content (AvgIpc) is 2.95. The van der Waals surface area contributed by atoms with E-state index in [1.807, 2.05) is 24.3 Å². The molecule has 0 spiro atoms. The molecule has 2 amide bonds. The second kappa shape index (κ2) is 13.5. The zero-order chi connectivity index (χ0) is 32.1. The van der Waals surface area contributed by atoms with E-state index in [0.717, 1.165) is 22.8 Å². The number of carbonyl (C=O) groups is 2. The topological polar surface area (TPSA) is 113 Å². The van der Waals surface area contributed by atoms with Gasteiger partial charge in [-0.3, -0.25) is 14.1 Å².